The molecule has 1 aliphatic heterocycles. The zero-order chi connectivity index (χ0) is 19.7. The van der Waals surface area contributed by atoms with E-state index >= 15 is 0 Å². The number of hydrogen-bond acceptors (Lipinski definition) is 5. The molecule has 1 fully saturated rings. The van der Waals surface area contributed by atoms with Crippen LogP contribution in [0.5, 0.6) is 11.5 Å². The number of hydrogen-bond donors (Lipinski definition) is 0. The van der Waals surface area contributed by atoms with Crippen molar-refractivity contribution in [3.05, 3.63) is 66.2 Å². The van der Waals surface area contributed by atoms with E-state index in [0.29, 0.717) is 22.9 Å². The zero-order valence-electron chi connectivity index (χ0n) is 15.7. The molecule has 4 rings (SSSR count). The van der Waals surface area contributed by atoms with E-state index in [1.54, 1.807) is 42.4 Å². The van der Waals surface area contributed by atoms with Crippen molar-refractivity contribution in [2.24, 2.45) is 0 Å². The lowest BCUT2D eigenvalue weighted by molar-refractivity contribution is 0.383. The first-order valence-electron chi connectivity index (χ1n) is 8.89. The summed E-state index contributed by atoms with van der Waals surface area (Å²) in [6.07, 6.45) is 0. The smallest absolute Gasteiger partial charge is 0.245 e. The number of benzene rings is 3. The molecule has 3 aromatic rings. The highest BCUT2D eigenvalue weighted by atomic mass is 32.2. The van der Waals surface area contributed by atoms with Crippen molar-refractivity contribution in [3.63, 3.8) is 0 Å². The molecule has 0 spiro atoms. The van der Waals surface area contributed by atoms with Crippen LogP contribution < -0.4 is 9.47 Å². The van der Waals surface area contributed by atoms with Crippen molar-refractivity contribution >= 4 is 32.6 Å². The first-order valence-corrected chi connectivity index (χ1v) is 11.4. The van der Waals surface area contributed by atoms with E-state index in [-0.39, 0.29) is 5.37 Å². The molecule has 0 aliphatic carbocycles. The van der Waals surface area contributed by atoms with Crippen molar-refractivity contribution in [2.45, 2.75) is 10.3 Å². The highest BCUT2D eigenvalue weighted by Gasteiger charge is 2.39. The van der Waals surface area contributed by atoms with Gasteiger partial charge in [0, 0.05) is 23.2 Å². The molecule has 5 nitrogen and oxygen atoms in total. The largest absolute Gasteiger partial charge is 0.497 e. The van der Waals surface area contributed by atoms with E-state index in [0.717, 1.165) is 22.1 Å². The molecule has 0 radical (unpaired) electrons. The fraction of sp³-hybridized carbons (Fsp3) is 0.238. The minimum atomic E-state index is -3.69. The van der Waals surface area contributed by atoms with E-state index in [9.17, 15) is 8.42 Å². The van der Waals surface area contributed by atoms with Crippen LogP contribution in [-0.4, -0.2) is 39.2 Å². The third-order valence-corrected chi connectivity index (χ3v) is 8.19. The predicted molar refractivity (Wildman–Crippen MR) is 113 cm³/mol. The Balaban J connectivity index is 1.82. The lowest BCUT2D eigenvalue weighted by atomic mass is 10.1. The topological polar surface area (TPSA) is 55.8 Å². The van der Waals surface area contributed by atoms with Crippen LogP contribution in [0.1, 0.15) is 10.9 Å². The van der Waals surface area contributed by atoms with Crippen LogP contribution >= 0.6 is 11.8 Å². The number of rotatable bonds is 5. The molecule has 0 saturated carbocycles. The number of nitrogens with zero attached hydrogens (tertiary/aromatic N) is 1. The van der Waals surface area contributed by atoms with Crippen LogP contribution in [-0.2, 0) is 10.0 Å². The van der Waals surface area contributed by atoms with Crippen LogP contribution in [0.15, 0.2) is 65.6 Å². The molecule has 146 valence electrons. The van der Waals surface area contributed by atoms with Crippen molar-refractivity contribution in [1.82, 2.24) is 4.31 Å². The quantitative estimate of drug-likeness (QED) is 0.622. The summed E-state index contributed by atoms with van der Waals surface area (Å²) in [7, 11) is -0.504. The number of sulfonamides is 1. The molecule has 0 aromatic heterocycles. The summed E-state index contributed by atoms with van der Waals surface area (Å²) in [5.74, 6) is 2.04. The predicted octanol–water partition coefficient (Wildman–Crippen LogP) is 4.29. The van der Waals surface area contributed by atoms with Gasteiger partial charge >= 0.3 is 0 Å². The summed E-state index contributed by atoms with van der Waals surface area (Å²) in [5.41, 5.74) is 0.799. The summed E-state index contributed by atoms with van der Waals surface area (Å²) < 4.78 is 39.7. The second-order valence-electron chi connectivity index (χ2n) is 6.42. The Bertz CT molecular complexity index is 1110. The Morgan fingerprint density at radius 3 is 2.57 bits per heavy atom. The first-order chi connectivity index (χ1) is 13.6. The van der Waals surface area contributed by atoms with Gasteiger partial charge in [-0.1, -0.05) is 36.4 Å². The standard InChI is InChI=1S/C21H21NO4S2/c1-25-16-10-11-19(26-2)18(14-16)21-22(12-13-27-21)28(23,24)20-9-5-7-15-6-3-4-8-17(15)20/h3-11,14,21H,12-13H2,1-2H3/t21-/m1/s1. The summed E-state index contributed by atoms with van der Waals surface area (Å²) >= 11 is 1.59. The molecule has 1 atom stereocenters. The average Bonchev–Trinajstić information content (AvgIpc) is 3.23. The van der Waals surface area contributed by atoms with Gasteiger partial charge in [0.2, 0.25) is 10.0 Å². The van der Waals surface area contributed by atoms with E-state index in [2.05, 4.69) is 0 Å². The SMILES string of the molecule is COc1ccc(OC)c([C@H]2SCCN2S(=O)(=O)c2cccc3ccccc23)c1. The van der Waals surface area contributed by atoms with E-state index < -0.39 is 10.0 Å². The molecule has 1 saturated heterocycles. The second kappa shape index (κ2) is 7.66. The van der Waals surface area contributed by atoms with Gasteiger partial charge in [0.1, 0.15) is 11.5 Å². The fourth-order valence-corrected chi connectivity index (χ4v) is 6.99. The summed E-state index contributed by atoms with van der Waals surface area (Å²) in [6, 6.07) is 18.4. The Kier molecular flexibility index (Phi) is 5.23. The molecular formula is C21H21NO4S2. The van der Waals surface area contributed by atoms with Crippen LogP contribution in [0.3, 0.4) is 0 Å². The van der Waals surface area contributed by atoms with Crippen LogP contribution in [0.2, 0.25) is 0 Å². The number of fused-ring (bicyclic) bond motifs is 1. The molecule has 28 heavy (non-hydrogen) atoms. The molecule has 1 heterocycles. The van der Waals surface area contributed by atoms with Crippen LogP contribution in [0.25, 0.3) is 10.8 Å². The van der Waals surface area contributed by atoms with Gasteiger partial charge in [-0.05, 0) is 29.7 Å². The zero-order valence-corrected chi connectivity index (χ0v) is 17.3. The summed E-state index contributed by atoms with van der Waals surface area (Å²) in [6.45, 7) is 0.446. The highest BCUT2D eigenvalue weighted by molar-refractivity contribution is 8.01. The van der Waals surface area contributed by atoms with Gasteiger partial charge in [-0.25, -0.2) is 8.42 Å². The Morgan fingerprint density at radius 1 is 1.00 bits per heavy atom. The normalized spacial score (nSPS) is 17.7. The van der Waals surface area contributed by atoms with Crippen LogP contribution in [0, 0.1) is 0 Å². The van der Waals surface area contributed by atoms with Crippen molar-refractivity contribution in [1.29, 1.82) is 0 Å². The van der Waals surface area contributed by atoms with Crippen molar-refractivity contribution in [3.8, 4) is 11.5 Å². The molecule has 0 amide bonds. The van der Waals surface area contributed by atoms with E-state index in [4.69, 9.17) is 9.47 Å². The summed E-state index contributed by atoms with van der Waals surface area (Å²) in [5, 5.41) is 1.28. The lowest BCUT2D eigenvalue weighted by Crippen LogP contribution is -2.31. The molecule has 7 heteroatoms. The first kappa shape index (κ1) is 19.1. The maximum absolute atomic E-state index is 13.6. The van der Waals surface area contributed by atoms with Crippen molar-refractivity contribution < 1.29 is 17.9 Å². The third kappa shape index (κ3) is 3.23. The average molecular weight is 416 g/mol. The number of thioether (sulfide) groups is 1. The highest BCUT2D eigenvalue weighted by Crippen LogP contribution is 2.46. The Hall–Kier alpha value is -2.22. The van der Waals surface area contributed by atoms with Gasteiger partial charge in [0.15, 0.2) is 0 Å². The molecule has 1 aliphatic rings. The fourth-order valence-electron chi connectivity index (χ4n) is 3.53. The molecular weight excluding hydrogens is 394 g/mol. The van der Waals surface area contributed by atoms with Crippen molar-refractivity contribution in [2.75, 3.05) is 26.5 Å². The third-order valence-electron chi connectivity index (χ3n) is 4.89. The minimum Gasteiger partial charge on any atom is -0.497 e. The molecule has 0 unspecified atom stereocenters. The van der Waals surface area contributed by atoms with Gasteiger partial charge in [0.05, 0.1) is 24.5 Å². The van der Waals surface area contributed by atoms with Gasteiger partial charge in [-0.2, -0.15) is 4.31 Å². The molecule has 0 N–H and O–H groups in total. The maximum Gasteiger partial charge on any atom is 0.245 e. The monoisotopic (exact) mass is 415 g/mol. The Morgan fingerprint density at radius 2 is 1.79 bits per heavy atom. The van der Waals surface area contributed by atoms with Gasteiger partial charge in [-0.15, -0.1) is 11.8 Å². The summed E-state index contributed by atoms with van der Waals surface area (Å²) in [4.78, 5) is 0.333. The maximum atomic E-state index is 13.6. The van der Waals surface area contributed by atoms with Gasteiger partial charge in [-0.3, -0.25) is 0 Å². The van der Waals surface area contributed by atoms with E-state index in [1.807, 2.05) is 48.5 Å². The minimum absolute atomic E-state index is 0.333. The van der Waals surface area contributed by atoms with Gasteiger partial charge < -0.3 is 9.47 Å². The Labute approximate surface area is 169 Å². The van der Waals surface area contributed by atoms with Crippen LogP contribution in [0.4, 0.5) is 0 Å². The second-order valence-corrected chi connectivity index (χ2v) is 9.47. The number of methoxy groups -OCH3 is 2. The van der Waals surface area contributed by atoms with E-state index in [1.165, 1.54) is 0 Å². The lowest BCUT2D eigenvalue weighted by Gasteiger charge is -2.25. The van der Waals surface area contributed by atoms with Gasteiger partial charge in [0.25, 0.3) is 0 Å². The number of ether oxygens (including phenoxy) is 2. The molecule has 0 bridgehead atoms. The molecule has 3 aromatic carbocycles.